The Morgan fingerprint density at radius 3 is 2.41 bits per heavy atom. The summed E-state index contributed by atoms with van der Waals surface area (Å²) in [6.45, 7) is -2.96. The van der Waals surface area contributed by atoms with Gasteiger partial charge in [0, 0.05) is 29.7 Å². The molecular formula is C25H21ClF6N8O4. The predicted molar refractivity (Wildman–Crippen MR) is 139 cm³/mol. The standard InChI is InChI=1S/C25H21ClF6N8O4/c26-15-5-3-14(4-6-15)20-36-39(22(43)38(20)10-17(41)24(27,28)29)11-18-34-13-40(35-18)16-2-1-8-33-19(16)21(42)37-9-7-23(44,12-37)25(30,31)32/h1-6,8,13,17,41,44H,7,9-12H2/t17-,23?/m0/s1. The highest BCUT2D eigenvalue weighted by Gasteiger charge is 2.58. The van der Waals surface area contributed by atoms with E-state index in [2.05, 4.69) is 20.2 Å². The lowest BCUT2D eigenvalue weighted by Gasteiger charge is -2.26. The number of likely N-dealkylation sites (tertiary alicyclic amines) is 1. The molecule has 4 heterocycles. The van der Waals surface area contributed by atoms with Crippen LogP contribution >= 0.6 is 11.6 Å². The van der Waals surface area contributed by atoms with Crippen molar-refractivity contribution >= 4 is 17.5 Å². The number of hydrogen-bond donors (Lipinski definition) is 2. The monoisotopic (exact) mass is 646 g/mol. The van der Waals surface area contributed by atoms with Crippen molar-refractivity contribution < 1.29 is 41.4 Å². The number of β-amino-alcohol motifs (C(OH)–C–C–N with tert-alkyl or cyclic N) is 1. The molecule has 2 N–H and O–H groups in total. The molecule has 3 aromatic heterocycles. The quantitative estimate of drug-likeness (QED) is 0.292. The molecule has 1 amide bonds. The Hall–Kier alpha value is -4.29. The van der Waals surface area contributed by atoms with Gasteiger partial charge in [0.05, 0.1) is 18.8 Å². The largest absolute Gasteiger partial charge is 0.419 e. The van der Waals surface area contributed by atoms with Crippen LogP contribution in [0.2, 0.25) is 5.02 Å². The van der Waals surface area contributed by atoms with E-state index in [0.29, 0.717) is 9.59 Å². The van der Waals surface area contributed by atoms with Crippen LogP contribution in [0.3, 0.4) is 0 Å². The number of carbonyl (C=O) groups is 1. The molecule has 1 fully saturated rings. The summed E-state index contributed by atoms with van der Waals surface area (Å²) in [7, 11) is 0. The SMILES string of the molecule is O=C(c1ncccc1-n1cnc(Cn2nc(-c3ccc(Cl)cc3)n(C[C@H](O)C(F)(F)F)c2=O)n1)N1CCC(O)(C(F)(F)F)C1. The molecule has 0 spiro atoms. The maximum atomic E-state index is 13.3. The Bertz CT molecular complexity index is 1740. The molecule has 0 aliphatic carbocycles. The fourth-order valence-electron chi connectivity index (χ4n) is 4.51. The van der Waals surface area contributed by atoms with Crippen LogP contribution in [0.25, 0.3) is 17.1 Å². The fraction of sp³-hybridized carbons (Fsp3) is 0.360. The number of aliphatic hydroxyl groups excluding tert-OH is 1. The van der Waals surface area contributed by atoms with Crippen molar-refractivity contribution in [1.29, 1.82) is 0 Å². The van der Waals surface area contributed by atoms with Crippen molar-refractivity contribution in [1.82, 2.24) is 39.0 Å². The third kappa shape index (κ3) is 6.04. The summed E-state index contributed by atoms with van der Waals surface area (Å²) < 4.78 is 81.7. The van der Waals surface area contributed by atoms with Gasteiger partial charge in [-0.05, 0) is 36.4 Å². The van der Waals surface area contributed by atoms with Crippen LogP contribution in [0.15, 0.2) is 53.7 Å². The second-order valence-electron chi connectivity index (χ2n) is 9.92. The van der Waals surface area contributed by atoms with Gasteiger partial charge in [-0.15, -0.1) is 10.2 Å². The molecule has 0 saturated carbocycles. The average Bonchev–Trinajstić information content (AvgIpc) is 3.67. The van der Waals surface area contributed by atoms with Gasteiger partial charge in [0.1, 0.15) is 12.9 Å². The van der Waals surface area contributed by atoms with Crippen molar-refractivity contribution in [3.63, 3.8) is 0 Å². The number of benzene rings is 1. The molecule has 234 valence electrons. The van der Waals surface area contributed by atoms with Gasteiger partial charge in [-0.3, -0.25) is 9.36 Å². The van der Waals surface area contributed by atoms with Gasteiger partial charge in [-0.1, -0.05) is 11.6 Å². The Balaban J connectivity index is 1.43. The Morgan fingerprint density at radius 2 is 1.77 bits per heavy atom. The molecule has 1 aromatic carbocycles. The molecule has 44 heavy (non-hydrogen) atoms. The summed E-state index contributed by atoms with van der Waals surface area (Å²) in [6, 6.07) is 8.55. The molecule has 0 radical (unpaired) electrons. The van der Waals surface area contributed by atoms with E-state index < -0.39 is 61.7 Å². The Morgan fingerprint density at radius 1 is 1.07 bits per heavy atom. The summed E-state index contributed by atoms with van der Waals surface area (Å²) in [6.07, 6.45) is -11.2. The maximum Gasteiger partial charge on any atom is 0.419 e. The van der Waals surface area contributed by atoms with Crippen LogP contribution in [-0.2, 0) is 13.1 Å². The average molecular weight is 647 g/mol. The lowest BCUT2D eigenvalue weighted by Crippen LogP contribution is -2.48. The van der Waals surface area contributed by atoms with E-state index in [1.54, 1.807) is 0 Å². The minimum atomic E-state index is -5.02. The first kappa shape index (κ1) is 31.1. The van der Waals surface area contributed by atoms with Crippen molar-refractivity contribution in [2.75, 3.05) is 13.1 Å². The lowest BCUT2D eigenvalue weighted by molar-refractivity contribution is -0.253. The summed E-state index contributed by atoms with van der Waals surface area (Å²) in [5, 5.41) is 28.2. The number of hydrogen-bond acceptors (Lipinski definition) is 8. The highest BCUT2D eigenvalue weighted by Crippen LogP contribution is 2.38. The smallest absolute Gasteiger partial charge is 0.382 e. The number of pyridine rings is 1. The Kier molecular flexibility index (Phi) is 8.02. The molecule has 2 atom stereocenters. The zero-order valence-corrected chi connectivity index (χ0v) is 22.9. The number of amides is 1. The fourth-order valence-corrected chi connectivity index (χ4v) is 4.64. The summed E-state index contributed by atoms with van der Waals surface area (Å²) in [5.41, 5.74) is -4.11. The van der Waals surface area contributed by atoms with Gasteiger partial charge in [0.25, 0.3) is 5.91 Å². The molecule has 4 aromatic rings. The number of aliphatic hydroxyl groups is 2. The predicted octanol–water partition coefficient (Wildman–Crippen LogP) is 2.45. The molecular weight excluding hydrogens is 626 g/mol. The third-order valence-corrected chi connectivity index (χ3v) is 7.14. The van der Waals surface area contributed by atoms with Crippen LogP contribution in [0.4, 0.5) is 26.3 Å². The van der Waals surface area contributed by atoms with Crippen molar-refractivity contribution in [3.8, 4) is 17.1 Å². The summed E-state index contributed by atoms with van der Waals surface area (Å²) in [4.78, 5) is 35.1. The van der Waals surface area contributed by atoms with E-state index >= 15 is 0 Å². The van der Waals surface area contributed by atoms with Crippen molar-refractivity contribution in [3.05, 3.63) is 75.9 Å². The normalized spacial score (nSPS) is 18.2. The van der Waals surface area contributed by atoms with Gasteiger partial charge >= 0.3 is 18.0 Å². The zero-order chi connectivity index (χ0) is 32.0. The summed E-state index contributed by atoms with van der Waals surface area (Å²) in [5.74, 6) is -1.17. The second kappa shape index (κ2) is 11.3. The maximum absolute atomic E-state index is 13.3. The summed E-state index contributed by atoms with van der Waals surface area (Å²) >= 11 is 5.89. The van der Waals surface area contributed by atoms with Gasteiger partial charge < -0.3 is 15.1 Å². The minimum Gasteiger partial charge on any atom is -0.382 e. The van der Waals surface area contributed by atoms with Crippen molar-refractivity contribution in [2.24, 2.45) is 0 Å². The topological polar surface area (TPSA) is 144 Å². The number of carbonyl (C=O) groups excluding carboxylic acids is 1. The molecule has 1 unspecified atom stereocenters. The van der Waals surface area contributed by atoms with Gasteiger partial charge in [-0.2, -0.15) is 26.3 Å². The van der Waals surface area contributed by atoms with E-state index in [0.717, 1.165) is 20.6 Å². The lowest BCUT2D eigenvalue weighted by atomic mass is 10.0. The molecule has 5 rings (SSSR count). The van der Waals surface area contributed by atoms with Gasteiger partial charge in [0.2, 0.25) is 0 Å². The Labute approximate surface area is 247 Å². The molecule has 0 bridgehead atoms. The molecule has 12 nitrogen and oxygen atoms in total. The molecule has 1 saturated heterocycles. The van der Waals surface area contributed by atoms with Gasteiger partial charge in [-0.25, -0.2) is 24.1 Å². The van der Waals surface area contributed by atoms with Gasteiger partial charge in [0.15, 0.2) is 29.0 Å². The molecule has 1 aliphatic rings. The number of aromatic nitrogens is 7. The first-order valence-electron chi connectivity index (χ1n) is 12.7. The molecule has 19 heteroatoms. The van der Waals surface area contributed by atoms with E-state index in [4.69, 9.17) is 11.6 Å². The van der Waals surface area contributed by atoms with E-state index in [-0.39, 0.29) is 35.1 Å². The van der Waals surface area contributed by atoms with Crippen LogP contribution in [0.5, 0.6) is 0 Å². The number of alkyl halides is 6. The molecule has 1 aliphatic heterocycles. The first-order chi connectivity index (χ1) is 20.6. The minimum absolute atomic E-state index is 0.0201. The number of rotatable bonds is 7. The second-order valence-corrected chi connectivity index (χ2v) is 10.4. The van der Waals surface area contributed by atoms with Crippen LogP contribution in [0, 0.1) is 0 Å². The van der Waals surface area contributed by atoms with E-state index in [1.807, 2.05) is 0 Å². The van der Waals surface area contributed by atoms with Crippen molar-refractivity contribution in [2.45, 2.75) is 43.6 Å². The highest BCUT2D eigenvalue weighted by molar-refractivity contribution is 6.30. The third-order valence-electron chi connectivity index (χ3n) is 6.89. The van der Waals surface area contributed by atoms with E-state index in [1.165, 1.54) is 42.6 Å². The first-order valence-corrected chi connectivity index (χ1v) is 13.1. The van der Waals surface area contributed by atoms with Crippen LogP contribution < -0.4 is 5.69 Å². The number of nitrogens with zero attached hydrogens (tertiary/aromatic N) is 8. The van der Waals surface area contributed by atoms with Crippen LogP contribution in [-0.4, -0.2) is 92.3 Å². The zero-order valence-electron chi connectivity index (χ0n) is 22.2. The highest BCUT2D eigenvalue weighted by atomic mass is 35.5. The van der Waals surface area contributed by atoms with E-state index in [9.17, 15) is 46.1 Å². The van der Waals surface area contributed by atoms with Crippen LogP contribution in [0.1, 0.15) is 22.7 Å². The number of halogens is 7.